The van der Waals surface area contributed by atoms with Crippen LogP contribution in [0.5, 0.6) is 5.75 Å². The molecule has 0 radical (unpaired) electrons. The van der Waals surface area contributed by atoms with Crippen molar-refractivity contribution in [1.82, 2.24) is 4.90 Å². The first-order valence-electron chi connectivity index (χ1n) is 9.32. The molecule has 1 N–H and O–H groups in total. The van der Waals surface area contributed by atoms with Gasteiger partial charge in [0.25, 0.3) is 17.7 Å². The topological polar surface area (TPSA) is 84.9 Å². The normalized spacial score (nSPS) is 18.1. The Morgan fingerprint density at radius 1 is 1.17 bits per heavy atom. The standard InChI is InChI=1S/C21H19ClN2O5/c22-17-5-1-2-6-18(17)29-12-19(25)23-13-7-8-15-16(10-13)21(27)24(20(15)26)11-14-4-3-9-28-14/h1-2,5-8,10,14H,3-4,9,11-12H2,(H,23,25)/t14-/m1/s1. The second-order valence-electron chi connectivity index (χ2n) is 6.88. The molecule has 4 rings (SSSR count). The van der Waals surface area contributed by atoms with E-state index < -0.39 is 5.91 Å². The van der Waals surface area contributed by atoms with Crippen LogP contribution in [-0.2, 0) is 9.53 Å². The molecular formula is C21H19ClN2O5. The maximum Gasteiger partial charge on any atom is 0.262 e. The number of halogens is 1. The molecule has 0 saturated carbocycles. The molecule has 0 aliphatic carbocycles. The van der Waals surface area contributed by atoms with E-state index in [2.05, 4.69) is 5.32 Å². The summed E-state index contributed by atoms with van der Waals surface area (Å²) in [4.78, 5) is 38.6. The number of rotatable bonds is 6. The fourth-order valence-electron chi connectivity index (χ4n) is 3.43. The van der Waals surface area contributed by atoms with Crippen LogP contribution < -0.4 is 10.1 Å². The molecule has 0 aromatic heterocycles. The molecule has 150 valence electrons. The van der Waals surface area contributed by atoms with E-state index >= 15 is 0 Å². The molecule has 0 unspecified atom stereocenters. The second-order valence-corrected chi connectivity index (χ2v) is 7.29. The van der Waals surface area contributed by atoms with E-state index in [0.29, 0.717) is 28.6 Å². The van der Waals surface area contributed by atoms with Crippen LogP contribution in [-0.4, -0.2) is 48.5 Å². The van der Waals surface area contributed by atoms with Crippen LogP contribution in [0.2, 0.25) is 5.02 Å². The Morgan fingerprint density at radius 3 is 2.72 bits per heavy atom. The first kappa shape index (κ1) is 19.4. The van der Waals surface area contributed by atoms with Crippen LogP contribution in [0.15, 0.2) is 42.5 Å². The maximum atomic E-state index is 12.7. The van der Waals surface area contributed by atoms with Gasteiger partial charge in [0, 0.05) is 12.3 Å². The van der Waals surface area contributed by atoms with E-state index in [1.807, 2.05) is 0 Å². The lowest BCUT2D eigenvalue weighted by molar-refractivity contribution is -0.118. The summed E-state index contributed by atoms with van der Waals surface area (Å²) in [5.74, 6) is -0.703. The quantitative estimate of drug-likeness (QED) is 0.734. The van der Waals surface area contributed by atoms with Gasteiger partial charge in [0.05, 0.1) is 28.8 Å². The summed E-state index contributed by atoms with van der Waals surface area (Å²) in [6.45, 7) is 0.666. The average Bonchev–Trinajstić information content (AvgIpc) is 3.31. The Bertz CT molecular complexity index is 971. The van der Waals surface area contributed by atoms with Crippen LogP contribution >= 0.6 is 11.6 Å². The van der Waals surface area contributed by atoms with Crippen molar-refractivity contribution in [3.8, 4) is 5.75 Å². The van der Waals surface area contributed by atoms with Crippen LogP contribution in [0, 0.1) is 0 Å². The van der Waals surface area contributed by atoms with Crippen molar-refractivity contribution < 1.29 is 23.9 Å². The Balaban J connectivity index is 1.40. The number of ether oxygens (including phenoxy) is 2. The van der Waals surface area contributed by atoms with Crippen molar-refractivity contribution in [3.05, 3.63) is 58.6 Å². The van der Waals surface area contributed by atoms with Gasteiger partial charge in [-0.25, -0.2) is 0 Å². The molecule has 29 heavy (non-hydrogen) atoms. The number of benzene rings is 2. The molecule has 2 heterocycles. The Morgan fingerprint density at radius 2 is 1.97 bits per heavy atom. The van der Waals surface area contributed by atoms with E-state index in [1.54, 1.807) is 36.4 Å². The van der Waals surface area contributed by atoms with E-state index in [9.17, 15) is 14.4 Å². The minimum atomic E-state index is -0.405. The zero-order chi connectivity index (χ0) is 20.4. The monoisotopic (exact) mass is 414 g/mol. The van der Waals surface area contributed by atoms with Crippen molar-refractivity contribution in [2.75, 3.05) is 25.1 Å². The summed E-state index contributed by atoms with van der Waals surface area (Å²) >= 11 is 6.00. The van der Waals surface area contributed by atoms with Gasteiger partial charge in [0.15, 0.2) is 6.61 Å². The molecule has 0 bridgehead atoms. The number of carbonyl (C=O) groups is 3. The first-order valence-corrected chi connectivity index (χ1v) is 9.70. The molecule has 3 amide bonds. The van der Waals surface area contributed by atoms with E-state index in [1.165, 1.54) is 11.0 Å². The highest BCUT2D eigenvalue weighted by atomic mass is 35.5. The van der Waals surface area contributed by atoms with Crippen molar-refractivity contribution in [1.29, 1.82) is 0 Å². The third kappa shape index (κ3) is 4.11. The predicted molar refractivity (Wildman–Crippen MR) is 106 cm³/mol. The number of hydrogen-bond donors (Lipinski definition) is 1. The van der Waals surface area contributed by atoms with Crippen LogP contribution in [0.1, 0.15) is 33.6 Å². The maximum absolute atomic E-state index is 12.7. The third-order valence-electron chi connectivity index (χ3n) is 4.86. The van der Waals surface area contributed by atoms with Gasteiger partial charge < -0.3 is 14.8 Å². The van der Waals surface area contributed by atoms with Gasteiger partial charge in [-0.2, -0.15) is 0 Å². The largest absolute Gasteiger partial charge is 0.482 e. The third-order valence-corrected chi connectivity index (χ3v) is 5.17. The van der Waals surface area contributed by atoms with Crippen LogP contribution in [0.3, 0.4) is 0 Å². The smallest absolute Gasteiger partial charge is 0.262 e. The van der Waals surface area contributed by atoms with Gasteiger partial charge in [-0.1, -0.05) is 23.7 Å². The lowest BCUT2D eigenvalue weighted by atomic mass is 10.1. The highest BCUT2D eigenvalue weighted by molar-refractivity contribution is 6.32. The predicted octanol–water partition coefficient (Wildman–Crippen LogP) is 3.13. The summed E-state index contributed by atoms with van der Waals surface area (Å²) in [5, 5.41) is 3.08. The Labute approximate surface area is 172 Å². The number of nitrogens with zero attached hydrogens (tertiary/aromatic N) is 1. The van der Waals surface area contributed by atoms with Gasteiger partial charge in [-0.15, -0.1) is 0 Å². The number of fused-ring (bicyclic) bond motifs is 1. The van der Waals surface area contributed by atoms with Gasteiger partial charge in [0.1, 0.15) is 5.75 Å². The molecule has 1 atom stereocenters. The highest BCUT2D eigenvalue weighted by Gasteiger charge is 2.37. The molecule has 2 aliphatic heterocycles. The average molecular weight is 415 g/mol. The fraction of sp³-hybridized carbons (Fsp3) is 0.286. The first-order chi connectivity index (χ1) is 14.0. The van der Waals surface area contributed by atoms with Crippen molar-refractivity contribution in [2.45, 2.75) is 18.9 Å². The van der Waals surface area contributed by atoms with Gasteiger partial charge >= 0.3 is 0 Å². The zero-order valence-electron chi connectivity index (χ0n) is 15.5. The number of para-hydroxylation sites is 1. The van der Waals surface area contributed by atoms with E-state index in [-0.39, 0.29) is 36.6 Å². The molecule has 1 fully saturated rings. The minimum absolute atomic E-state index is 0.113. The molecule has 2 aromatic carbocycles. The lowest BCUT2D eigenvalue weighted by Crippen LogP contribution is -2.36. The van der Waals surface area contributed by atoms with Gasteiger partial charge in [0.2, 0.25) is 0 Å². The zero-order valence-corrected chi connectivity index (χ0v) is 16.3. The highest BCUT2D eigenvalue weighted by Crippen LogP contribution is 2.28. The van der Waals surface area contributed by atoms with Crippen molar-refractivity contribution in [2.24, 2.45) is 0 Å². The molecule has 8 heteroatoms. The van der Waals surface area contributed by atoms with Crippen molar-refractivity contribution >= 4 is 35.0 Å². The van der Waals surface area contributed by atoms with E-state index in [0.717, 1.165) is 12.8 Å². The summed E-state index contributed by atoms with van der Waals surface area (Å²) < 4.78 is 10.9. The number of imide groups is 1. The number of hydrogen-bond acceptors (Lipinski definition) is 5. The molecule has 0 spiro atoms. The Hall–Kier alpha value is -2.90. The summed E-state index contributed by atoms with van der Waals surface area (Å²) in [6, 6.07) is 11.5. The van der Waals surface area contributed by atoms with Gasteiger partial charge in [-0.3, -0.25) is 19.3 Å². The second kappa shape index (κ2) is 8.23. The number of anilines is 1. The number of amides is 3. The summed E-state index contributed by atoms with van der Waals surface area (Å²) in [7, 11) is 0. The lowest BCUT2D eigenvalue weighted by Gasteiger charge is -2.17. The minimum Gasteiger partial charge on any atom is -0.482 e. The van der Waals surface area contributed by atoms with Gasteiger partial charge in [-0.05, 0) is 43.2 Å². The SMILES string of the molecule is O=C(COc1ccccc1Cl)Nc1ccc2c(c1)C(=O)N(C[C@H]1CCCO1)C2=O. The van der Waals surface area contributed by atoms with Crippen molar-refractivity contribution in [3.63, 3.8) is 0 Å². The van der Waals surface area contributed by atoms with Crippen LogP contribution in [0.25, 0.3) is 0 Å². The molecule has 2 aliphatic rings. The summed E-state index contributed by atoms with van der Waals surface area (Å²) in [6.07, 6.45) is 1.65. The summed E-state index contributed by atoms with van der Waals surface area (Å²) in [5.41, 5.74) is 1.02. The number of carbonyl (C=O) groups excluding carboxylic acids is 3. The van der Waals surface area contributed by atoms with Crippen LogP contribution in [0.4, 0.5) is 5.69 Å². The fourth-order valence-corrected chi connectivity index (χ4v) is 3.62. The number of nitrogens with one attached hydrogen (secondary N) is 1. The molecule has 7 nitrogen and oxygen atoms in total. The Kier molecular flexibility index (Phi) is 5.51. The molecule has 2 aromatic rings. The molecular weight excluding hydrogens is 396 g/mol. The van der Waals surface area contributed by atoms with E-state index in [4.69, 9.17) is 21.1 Å². The molecule has 1 saturated heterocycles.